The van der Waals surface area contributed by atoms with Crippen molar-refractivity contribution < 1.29 is 4.92 Å². The molecule has 0 bridgehead atoms. The molecule has 0 atom stereocenters. The molecule has 0 amide bonds. The van der Waals surface area contributed by atoms with Crippen LogP contribution in [0.5, 0.6) is 0 Å². The van der Waals surface area contributed by atoms with Gasteiger partial charge in [0.1, 0.15) is 0 Å². The molecule has 0 unspecified atom stereocenters. The third-order valence-electron chi connectivity index (χ3n) is 2.58. The van der Waals surface area contributed by atoms with E-state index in [1.165, 1.54) is 12.1 Å². The van der Waals surface area contributed by atoms with Crippen molar-refractivity contribution in [3.05, 3.63) is 51.8 Å². The minimum absolute atomic E-state index is 0.0396. The van der Waals surface area contributed by atoms with Gasteiger partial charge in [-0.15, -0.1) is 0 Å². The minimum atomic E-state index is -0.423. The maximum absolute atomic E-state index is 10.8. The summed E-state index contributed by atoms with van der Waals surface area (Å²) in [5.41, 5.74) is 2.38. The number of non-ortho nitro benzene ring substituents is 1. The van der Waals surface area contributed by atoms with Crippen LogP contribution in [-0.4, -0.2) is 21.9 Å². The number of hydrogen-bond acceptors (Lipinski definition) is 5. The molecule has 0 fully saturated rings. The highest BCUT2D eigenvalue weighted by Crippen LogP contribution is 2.21. The van der Waals surface area contributed by atoms with E-state index >= 15 is 0 Å². The van der Waals surface area contributed by atoms with Crippen molar-refractivity contribution in [2.24, 2.45) is 0 Å². The molecule has 1 heterocycles. The van der Waals surface area contributed by atoms with E-state index in [0.717, 1.165) is 11.4 Å². The summed E-state index contributed by atoms with van der Waals surface area (Å²) in [7, 11) is 1.84. The largest absolute Gasteiger partial charge is 0.314 e. The smallest absolute Gasteiger partial charge is 0.270 e. The molecule has 0 radical (unpaired) electrons. The summed E-state index contributed by atoms with van der Waals surface area (Å²) in [6, 6.07) is 8.23. The molecule has 2 aromatic rings. The Labute approximate surface area is 110 Å². The SMILES string of the molecule is CNCc1cc(C)nc(-c2cccc([N+](=O)[O-])c2)n1. The number of nitrogens with one attached hydrogen (secondary N) is 1. The van der Waals surface area contributed by atoms with Gasteiger partial charge in [0.15, 0.2) is 5.82 Å². The molecular weight excluding hydrogens is 244 g/mol. The zero-order valence-corrected chi connectivity index (χ0v) is 10.8. The first kappa shape index (κ1) is 13.1. The summed E-state index contributed by atoms with van der Waals surface area (Å²) in [6.45, 7) is 2.51. The van der Waals surface area contributed by atoms with Gasteiger partial charge >= 0.3 is 0 Å². The van der Waals surface area contributed by atoms with Crippen LogP contribution in [0, 0.1) is 17.0 Å². The van der Waals surface area contributed by atoms with Crippen LogP contribution in [-0.2, 0) is 6.54 Å². The standard InChI is InChI=1S/C13H14N4O2/c1-9-6-11(8-14-2)16-13(15-9)10-4-3-5-12(7-10)17(18)19/h3-7,14H,8H2,1-2H3. The number of aromatic nitrogens is 2. The van der Waals surface area contributed by atoms with Crippen molar-refractivity contribution in [3.63, 3.8) is 0 Å². The van der Waals surface area contributed by atoms with Crippen molar-refractivity contribution in [2.45, 2.75) is 13.5 Å². The van der Waals surface area contributed by atoms with Crippen molar-refractivity contribution in [1.29, 1.82) is 0 Å². The predicted octanol–water partition coefficient (Wildman–Crippen LogP) is 2.08. The number of hydrogen-bond donors (Lipinski definition) is 1. The first-order valence-corrected chi connectivity index (χ1v) is 5.84. The molecule has 98 valence electrons. The Morgan fingerprint density at radius 1 is 1.32 bits per heavy atom. The van der Waals surface area contributed by atoms with Gasteiger partial charge in [0.2, 0.25) is 0 Å². The first-order chi connectivity index (χ1) is 9.10. The lowest BCUT2D eigenvalue weighted by atomic mass is 10.2. The maximum atomic E-state index is 10.8. The molecule has 0 aliphatic heterocycles. The zero-order valence-electron chi connectivity index (χ0n) is 10.8. The van der Waals surface area contributed by atoms with Crippen LogP contribution in [0.4, 0.5) is 5.69 Å². The summed E-state index contributed by atoms with van der Waals surface area (Å²) in [6.07, 6.45) is 0. The molecule has 0 aliphatic rings. The number of nitro groups is 1. The zero-order chi connectivity index (χ0) is 13.8. The van der Waals surface area contributed by atoms with Crippen LogP contribution in [0.15, 0.2) is 30.3 Å². The summed E-state index contributed by atoms with van der Waals surface area (Å²) < 4.78 is 0. The lowest BCUT2D eigenvalue weighted by Crippen LogP contribution is -2.08. The third-order valence-corrected chi connectivity index (χ3v) is 2.58. The number of nitro benzene ring substituents is 1. The Bertz CT molecular complexity index is 613. The van der Waals surface area contributed by atoms with Gasteiger partial charge < -0.3 is 5.32 Å². The second kappa shape index (κ2) is 5.53. The highest BCUT2D eigenvalue weighted by Gasteiger charge is 2.10. The molecule has 19 heavy (non-hydrogen) atoms. The van der Waals surface area contributed by atoms with Crippen LogP contribution >= 0.6 is 0 Å². The summed E-state index contributed by atoms with van der Waals surface area (Å²) >= 11 is 0. The molecular formula is C13H14N4O2. The van der Waals surface area contributed by atoms with Gasteiger partial charge in [-0.05, 0) is 20.0 Å². The molecule has 0 spiro atoms. The quantitative estimate of drug-likeness (QED) is 0.670. The lowest BCUT2D eigenvalue weighted by molar-refractivity contribution is -0.384. The Morgan fingerprint density at radius 2 is 2.11 bits per heavy atom. The molecule has 6 heteroatoms. The summed E-state index contributed by atoms with van der Waals surface area (Å²) in [5.74, 6) is 0.508. The maximum Gasteiger partial charge on any atom is 0.270 e. The number of benzene rings is 1. The van der Waals surface area contributed by atoms with Crippen molar-refractivity contribution in [3.8, 4) is 11.4 Å². The second-order valence-electron chi connectivity index (χ2n) is 4.16. The second-order valence-corrected chi connectivity index (χ2v) is 4.16. The van der Waals surface area contributed by atoms with E-state index in [1.54, 1.807) is 12.1 Å². The van der Waals surface area contributed by atoms with Crippen LogP contribution in [0.3, 0.4) is 0 Å². The van der Waals surface area contributed by atoms with Crippen LogP contribution in [0.1, 0.15) is 11.4 Å². The van der Waals surface area contributed by atoms with Crippen molar-refractivity contribution >= 4 is 5.69 Å². The molecule has 1 aromatic heterocycles. The first-order valence-electron chi connectivity index (χ1n) is 5.84. The minimum Gasteiger partial charge on any atom is -0.314 e. The molecule has 1 aromatic carbocycles. The number of nitrogens with zero attached hydrogens (tertiary/aromatic N) is 3. The molecule has 0 saturated carbocycles. The van der Waals surface area contributed by atoms with Gasteiger partial charge in [-0.1, -0.05) is 12.1 Å². The van der Waals surface area contributed by atoms with Gasteiger partial charge in [0, 0.05) is 29.9 Å². The van der Waals surface area contributed by atoms with E-state index in [0.29, 0.717) is 17.9 Å². The highest BCUT2D eigenvalue weighted by molar-refractivity contribution is 5.59. The molecule has 2 rings (SSSR count). The molecule has 0 saturated heterocycles. The Hall–Kier alpha value is -2.34. The van der Waals surface area contributed by atoms with E-state index < -0.39 is 4.92 Å². The topological polar surface area (TPSA) is 81.0 Å². The lowest BCUT2D eigenvalue weighted by Gasteiger charge is -2.05. The average molecular weight is 258 g/mol. The normalized spacial score (nSPS) is 10.4. The van der Waals surface area contributed by atoms with Crippen molar-refractivity contribution in [2.75, 3.05) is 7.05 Å². The summed E-state index contributed by atoms with van der Waals surface area (Å²) in [4.78, 5) is 19.1. The fourth-order valence-electron chi connectivity index (χ4n) is 1.79. The fraction of sp³-hybridized carbons (Fsp3) is 0.231. The Morgan fingerprint density at radius 3 is 2.79 bits per heavy atom. The van der Waals surface area contributed by atoms with Crippen molar-refractivity contribution in [1.82, 2.24) is 15.3 Å². The number of rotatable bonds is 4. The third kappa shape index (κ3) is 3.11. The molecule has 1 N–H and O–H groups in total. The van der Waals surface area contributed by atoms with Gasteiger partial charge in [-0.3, -0.25) is 10.1 Å². The van der Waals surface area contributed by atoms with Gasteiger partial charge in [-0.25, -0.2) is 9.97 Å². The fourth-order valence-corrected chi connectivity index (χ4v) is 1.79. The van der Waals surface area contributed by atoms with E-state index in [9.17, 15) is 10.1 Å². The predicted molar refractivity (Wildman–Crippen MR) is 71.6 cm³/mol. The summed E-state index contributed by atoms with van der Waals surface area (Å²) in [5, 5.41) is 13.8. The molecule has 0 aliphatic carbocycles. The van der Waals surface area contributed by atoms with E-state index in [1.807, 2.05) is 20.0 Å². The van der Waals surface area contributed by atoms with Gasteiger partial charge in [0.05, 0.1) is 10.6 Å². The van der Waals surface area contributed by atoms with E-state index in [-0.39, 0.29) is 5.69 Å². The monoisotopic (exact) mass is 258 g/mol. The molecule has 6 nitrogen and oxygen atoms in total. The highest BCUT2D eigenvalue weighted by atomic mass is 16.6. The van der Waals surface area contributed by atoms with Crippen LogP contribution < -0.4 is 5.32 Å². The van der Waals surface area contributed by atoms with Crippen LogP contribution in [0.2, 0.25) is 0 Å². The van der Waals surface area contributed by atoms with Gasteiger partial charge in [-0.2, -0.15) is 0 Å². The Kier molecular flexibility index (Phi) is 3.82. The number of aryl methyl sites for hydroxylation is 1. The average Bonchev–Trinajstić information content (AvgIpc) is 2.38. The Balaban J connectivity index is 2.46. The van der Waals surface area contributed by atoms with E-state index in [2.05, 4.69) is 15.3 Å². The van der Waals surface area contributed by atoms with E-state index in [4.69, 9.17) is 0 Å². The van der Waals surface area contributed by atoms with Crippen LogP contribution in [0.25, 0.3) is 11.4 Å². The van der Waals surface area contributed by atoms with Gasteiger partial charge in [0.25, 0.3) is 5.69 Å².